The molecule has 1 N–H and O–H groups in total. The maximum absolute atomic E-state index is 10.2. The number of aryl methyl sites for hydroxylation is 3. The molecular weight excluding hydrogens is 170 g/mol. The van der Waals surface area contributed by atoms with Gasteiger partial charge < -0.3 is 5.11 Å². The third-order valence-corrected chi connectivity index (χ3v) is 1.75. The SMILES string of the molecule is Cc1nc(CCCC(=O)O)n(C)n1. The smallest absolute Gasteiger partial charge is 0.303 e. The Morgan fingerprint density at radius 3 is 2.77 bits per heavy atom. The summed E-state index contributed by atoms with van der Waals surface area (Å²) in [6.45, 7) is 1.82. The van der Waals surface area contributed by atoms with Crippen molar-refractivity contribution in [1.29, 1.82) is 0 Å². The normalized spacial score (nSPS) is 10.3. The molecule has 0 aliphatic heterocycles. The average Bonchev–Trinajstić information content (AvgIpc) is 2.29. The number of rotatable bonds is 4. The van der Waals surface area contributed by atoms with Gasteiger partial charge in [-0.3, -0.25) is 9.48 Å². The Morgan fingerprint density at radius 1 is 1.62 bits per heavy atom. The Kier molecular flexibility index (Phi) is 3.00. The molecule has 0 saturated heterocycles. The lowest BCUT2D eigenvalue weighted by Gasteiger charge is -1.96. The maximum Gasteiger partial charge on any atom is 0.303 e. The number of carbonyl (C=O) groups is 1. The van der Waals surface area contributed by atoms with Crippen LogP contribution in [0, 0.1) is 6.92 Å². The molecule has 0 spiro atoms. The predicted molar refractivity (Wildman–Crippen MR) is 46.3 cm³/mol. The van der Waals surface area contributed by atoms with E-state index in [1.165, 1.54) is 0 Å². The number of nitrogens with zero attached hydrogens (tertiary/aromatic N) is 3. The Labute approximate surface area is 76.4 Å². The summed E-state index contributed by atoms with van der Waals surface area (Å²) in [6, 6.07) is 0. The molecular formula is C8H13N3O2. The van der Waals surface area contributed by atoms with Crippen LogP contribution in [0.5, 0.6) is 0 Å². The summed E-state index contributed by atoms with van der Waals surface area (Å²) in [5, 5.41) is 12.5. The van der Waals surface area contributed by atoms with Crippen LogP contribution < -0.4 is 0 Å². The Hall–Kier alpha value is -1.39. The van der Waals surface area contributed by atoms with Gasteiger partial charge in [0.05, 0.1) is 0 Å². The van der Waals surface area contributed by atoms with Gasteiger partial charge in [-0.15, -0.1) is 0 Å². The Morgan fingerprint density at radius 2 is 2.31 bits per heavy atom. The van der Waals surface area contributed by atoms with Crippen LogP contribution in [0.4, 0.5) is 0 Å². The van der Waals surface area contributed by atoms with Gasteiger partial charge in [0.1, 0.15) is 11.6 Å². The lowest BCUT2D eigenvalue weighted by atomic mass is 10.2. The molecule has 5 nitrogen and oxygen atoms in total. The van der Waals surface area contributed by atoms with E-state index in [9.17, 15) is 4.79 Å². The first-order chi connectivity index (χ1) is 6.09. The summed E-state index contributed by atoms with van der Waals surface area (Å²) in [6.07, 6.45) is 1.47. The minimum Gasteiger partial charge on any atom is -0.481 e. The molecule has 1 aromatic heterocycles. The summed E-state index contributed by atoms with van der Waals surface area (Å²) in [5.74, 6) is 0.811. The molecule has 1 rings (SSSR count). The second kappa shape index (κ2) is 4.02. The van der Waals surface area contributed by atoms with Crippen molar-refractivity contribution in [3.8, 4) is 0 Å². The van der Waals surface area contributed by atoms with Gasteiger partial charge in [-0.05, 0) is 13.3 Å². The van der Waals surface area contributed by atoms with Gasteiger partial charge in [0.2, 0.25) is 0 Å². The molecule has 0 bridgehead atoms. The topological polar surface area (TPSA) is 68.0 Å². The monoisotopic (exact) mass is 183 g/mol. The zero-order valence-electron chi connectivity index (χ0n) is 7.82. The molecule has 0 fully saturated rings. The van der Waals surface area contributed by atoms with E-state index >= 15 is 0 Å². The van der Waals surface area contributed by atoms with Crippen molar-refractivity contribution < 1.29 is 9.90 Å². The molecule has 0 amide bonds. The molecule has 0 aromatic carbocycles. The van der Waals surface area contributed by atoms with Crippen LogP contribution in [-0.2, 0) is 18.3 Å². The van der Waals surface area contributed by atoms with Crippen LogP contribution in [0.2, 0.25) is 0 Å². The van der Waals surface area contributed by atoms with Gasteiger partial charge in [-0.25, -0.2) is 4.98 Å². The fourth-order valence-electron chi connectivity index (χ4n) is 1.17. The molecule has 1 aromatic rings. The number of hydrogen-bond acceptors (Lipinski definition) is 3. The van der Waals surface area contributed by atoms with Gasteiger partial charge in [0.25, 0.3) is 0 Å². The van der Waals surface area contributed by atoms with E-state index < -0.39 is 5.97 Å². The van der Waals surface area contributed by atoms with E-state index in [1.54, 1.807) is 4.68 Å². The van der Waals surface area contributed by atoms with Crippen LogP contribution in [0.25, 0.3) is 0 Å². The quantitative estimate of drug-likeness (QED) is 0.739. The third-order valence-electron chi connectivity index (χ3n) is 1.75. The summed E-state index contributed by atoms with van der Waals surface area (Å²) in [4.78, 5) is 14.4. The number of aliphatic carboxylic acids is 1. The zero-order valence-corrected chi connectivity index (χ0v) is 7.82. The molecule has 0 unspecified atom stereocenters. The van der Waals surface area contributed by atoms with E-state index in [0.29, 0.717) is 12.8 Å². The van der Waals surface area contributed by atoms with Crippen LogP contribution in [-0.4, -0.2) is 25.8 Å². The van der Waals surface area contributed by atoms with Crippen molar-refractivity contribution in [3.05, 3.63) is 11.6 Å². The number of carboxylic acid groups (broad SMARTS) is 1. The molecule has 0 saturated carbocycles. The van der Waals surface area contributed by atoms with E-state index in [0.717, 1.165) is 11.6 Å². The van der Waals surface area contributed by atoms with Crippen molar-refractivity contribution in [2.45, 2.75) is 26.2 Å². The molecule has 1 heterocycles. The third kappa shape index (κ3) is 2.85. The number of hydrogen-bond donors (Lipinski definition) is 1. The van der Waals surface area contributed by atoms with E-state index in [-0.39, 0.29) is 6.42 Å². The first-order valence-corrected chi connectivity index (χ1v) is 4.18. The van der Waals surface area contributed by atoms with Crippen LogP contribution in [0.15, 0.2) is 0 Å². The van der Waals surface area contributed by atoms with Crippen molar-refractivity contribution in [2.24, 2.45) is 7.05 Å². The largest absolute Gasteiger partial charge is 0.481 e. The van der Waals surface area contributed by atoms with E-state index in [4.69, 9.17) is 5.11 Å². The van der Waals surface area contributed by atoms with Crippen molar-refractivity contribution in [2.75, 3.05) is 0 Å². The van der Waals surface area contributed by atoms with Gasteiger partial charge >= 0.3 is 5.97 Å². The maximum atomic E-state index is 10.2. The highest BCUT2D eigenvalue weighted by Crippen LogP contribution is 2.01. The van der Waals surface area contributed by atoms with E-state index in [1.807, 2.05) is 14.0 Å². The van der Waals surface area contributed by atoms with Gasteiger partial charge in [-0.2, -0.15) is 5.10 Å². The summed E-state index contributed by atoms with van der Waals surface area (Å²) >= 11 is 0. The summed E-state index contributed by atoms with van der Waals surface area (Å²) in [7, 11) is 1.82. The molecule has 13 heavy (non-hydrogen) atoms. The molecule has 0 aliphatic rings. The first kappa shape index (κ1) is 9.70. The predicted octanol–water partition coefficient (Wildman–Crippen LogP) is 0.531. The van der Waals surface area contributed by atoms with Crippen molar-refractivity contribution in [1.82, 2.24) is 14.8 Å². The molecule has 72 valence electrons. The molecule has 0 radical (unpaired) electrons. The minimum atomic E-state index is -0.765. The molecule has 0 atom stereocenters. The second-order valence-electron chi connectivity index (χ2n) is 2.95. The fourth-order valence-corrected chi connectivity index (χ4v) is 1.17. The van der Waals surface area contributed by atoms with E-state index in [2.05, 4.69) is 10.1 Å². The highest BCUT2D eigenvalue weighted by molar-refractivity contribution is 5.66. The fraction of sp³-hybridized carbons (Fsp3) is 0.625. The zero-order chi connectivity index (χ0) is 9.84. The number of aromatic nitrogens is 3. The standard InChI is InChI=1S/C8H13N3O2/c1-6-9-7(11(2)10-6)4-3-5-8(12)13/h3-5H2,1-2H3,(H,12,13). The Balaban J connectivity index is 2.45. The first-order valence-electron chi connectivity index (χ1n) is 4.18. The highest BCUT2D eigenvalue weighted by atomic mass is 16.4. The van der Waals surface area contributed by atoms with Crippen LogP contribution in [0.3, 0.4) is 0 Å². The molecule has 0 aliphatic carbocycles. The highest BCUT2D eigenvalue weighted by Gasteiger charge is 2.04. The lowest BCUT2D eigenvalue weighted by Crippen LogP contribution is -2.02. The van der Waals surface area contributed by atoms with Crippen LogP contribution in [0.1, 0.15) is 24.5 Å². The summed E-state index contributed by atoms with van der Waals surface area (Å²) < 4.78 is 1.69. The van der Waals surface area contributed by atoms with Gasteiger partial charge in [0, 0.05) is 19.9 Å². The Bertz CT molecular complexity index is 306. The van der Waals surface area contributed by atoms with Crippen molar-refractivity contribution >= 4 is 5.97 Å². The molecule has 5 heteroatoms. The minimum absolute atomic E-state index is 0.186. The van der Waals surface area contributed by atoms with Crippen molar-refractivity contribution in [3.63, 3.8) is 0 Å². The second-order valence-corrected chi connectivity index (χ2v) is 2.95. The van der Waals surface area contributed by atoms with Crippen LogP contribution >= 0.6 is 0 Å². The van der Waals surface area contributed by atoms with Gasteiger partial charge in [-0.1, -0.05) is 0 Å². The summed E-state index contributed by atoms with van der Waals surface area (Å²) in [5.41, 5.74) is 0. The lowest BCUT2D eigenvalue weighted by molar-refractivity contribution is -0.137. The number of carboxylic acids is 1. The average molecular weight is 183 g/mol. The van der Waals surface area contributed by atoms with Gasteiger partial charge in [0.15, 0.2) is 0 Å².